The molecule has 21 heavy (non-hydrogen) atoms. The van der Waals surface area contributed by atoms with Gasteiger partial charge in [-0.1, -0.05) is 24.8 Å². The van der Waals surface area contributed by atoms with Crippen molar-refractivity contribution < 1.29 is 4.79 Å². The minimum Gasteiger partial charge on any atom is -0.336 e. The summed E-state index contributed by atoms with van der Waals surface area (Å²) in [5, 5.41) is 0. The largest absolute Gasteiger partial charge is 0.336 e. The smallest absolute Gasteiger partial charge is 0.254 e. The van der Waals surface area contributed by atoms with Crippen LogP contribution in [0.2, 0.25) is 0 Å². The van der Waals surface area contributed by atoms with Crippen LogP contribution in [-0.4, -0.2) is 29.9 Å². The molecule has 2 atom stereocenters. The maximum atomic E-state index is 12.9. The number of piperidine rings is 1. The number of hydrogen-bond donors (Lipinski definition) is 1. The van der Waals surface area contributed by atoms with E-state index < -0.39 is 0 Å². The van der Waals surface area contributed by atoms with Crippen LogP contribution < -0.4 is 5.73 Å². The number of nitrogens with two attached hydrogens (primary N) is 1. The van der Waals surface area contributed by atoms with Crippen LogP contribution in [0.5, 0.6) is 0 Å². The highest BCUT2D eigenvalue weighted by Gasteiger charge is 2.28. The van der Waals surface area contributed by atoms with Gasteiger partial charge in [-0.15, -0.1) is 0 Å². The second kappa shape index (κ2) is 6.78. The van der Waals surface area contributed by atoms with Crippen molar-refractivity contribution >= 4 is 5.91 Å². The Morgan fingerprint density at radius 3 is 2.86 bits per heavy atom. The van der Waals surface area contributed by atoms with Crippen LogP contribution in [0.15, 0.2) is 18.2 Å². The summed E-state index contributed by atoms with van der Waals surface area (Å²) in [6, 6.07) is 6.11. The lowest BCUT2D eigenvalue weighted by molar-refractivity contribution is 0.0573. The number of likely N-dealkylation sites (tertiary alicyclic amines) is 1. The second-order valence-electron chi connectivity index (χ2n) is 6.02. The highest BCUT2D eigenvalue weighted by molar-refractivity contribution is 5.96. The molecule has 3 nitrogen and oxygen atoms in total. The Morgan fingerprint density at radius 2 is 2.14 bits per heavy atom. The van der Waals surface area contributed by atoms with E-state index in [4.69, 9.17) is 5.73 Å². The molecular formula is C18H24N2O. The lowest BCUT2D eigenvalue weighted by atomic mass is 9.93. The van der Waals surface area contributed by atoms with Gasteiger partial charge in [0.25, 0.3) is 5.91 Å². The Balaban J connectivity index is 2.29. The Hall–Kier alpha value is -1.79. The predicted molar refractivity (Wildman–Crippen MR) is 86.0 cm³/mol. The lowest BCUT2D eigenvalue weighted by Gasteiger charge is -2.37. The summed E-state index contributed by atoms with van der Waals surface area (Å²) in [6.07, 6.45) is 2.28. The Morgan fingerprint density at radius 1 is 1.38 bits per heavy atom. The molecule has 1 amide bonds. The molecule has 0 radical (unpaired) electrons. The standard InChI is InChI=1S/C18H24N2O/c1-13-6-8-15(3)20(12-13)18(21)17-11-16(5-4-10-19)9-7-14(17)2/h7,9,11,13,15H,6,8,10,12,19H2,1-3H3. The van der Waals surface area contributed by atoms with Gasteiger partial charge in [0.2, 0.25) is 0 Å². The van der Waals surface area contributed by atoms with Crippen molar-refractivity contribution in [2.45, 2.75) is 39.7 Å². The van der Waals surface area contributed by atoms with Crippen LogP contribution in [0.4, 0.5) is 0 Å². The van der Waals surface area contributed by atoms with Gasteiger partial charge in [0.05, 0.1) is 6.54 Å². The summed E-state index contributed by atoms with van der Waals surface area (Å²) in [4.78, 5) is 14.9. The third-order valence-corrected chi connectivity index (χ3v) is 4.18. The molecule has 0 spiro atoms. The molecule has 0 bridgehead atoms. The third kappa shape index (κ3) is 3.65. The first-order chi connectivity index (χ1) is 10.0. The first-order valence-electron chi connectivity index (χ1n) is 7.63. The van der Waals surface area contributed by atoms with Crippen molar-refractivity contribution in [2.24, 2.45) is 11.7 Å². The van der Waals surface area contributed by atoms with Gasteiger partial charge in [-0.05, 0) is 50.3 Å². The highest BCUT2D eigenvalue weighted by Crippen LogP contribution is 2.24. The van der Waals surface area contributed by atoms with Crippen molar-refractivity contribution in [3.05, 3.63) is 34.9 Å². The zero-order valence-electron chi connectivity index (χ0n) is 13.1. The zero-order valence-corrected chi connectivity index (χ0v) is 13.1. The van der Waals surface area contributed by atoms with E-state index in [-0.39, 0.29) is 5.91 Å². The first-order valence-corrected chi connectivity index (χ1v) is 7.63. The summed E-state index contributed by atoms with van der Waals surface area (Å²) in [5.41, 5.74) is 8.03. The Bertz CT molecular complexity index is 583. The van der Waals surface area contributed by atoms with E-state index in [0.29, 0.717) is 18.5 Å². The normalized spacial score (nSPS) is 21.6. The van der Waals surface area contributed by atoms with Gasteiger partial charge in [0, 0.05) is 23.7 Å². The van der Waals surface area contributed by atoms with Crippen molar-refractivity contribution in [1.82, 2.24) is 4.90 Å². The Kier molecular flexibility index (Phi) is 5.03. The fourth-order valence-corrected chi connectivity index (χ4v) is 2.81. The van der Waals surface area contributed by atoms with Crippen molar-refractivity contribution in [3.63, 3.8) is 0 Å². The molecule has 1 fully saturated rings. The van der Waals surface area contributed by atoms with Crippen molar-refractivity contribution in [1.29, 1.82) is 0 Å². The van der Waals surface area contributed by atoms with Gasteiger partial charge < -0.3 is 10.6 Å². The van der Waals surface area contributed by atoms with E-state index in [2.05, 4.69) is 25.7 Å². The molecule has 0 aliphatic carbocycles. The average molecular weight is 284 g/mol. The number of hydrogen-bond acceptors (Lipinski definition) is 2. The zero-order chi connectivity index (χ0) is 15.4. The molecule has 1 aliphatic heterocycles. The van der Waals surface area contributed by atoms with E-state index >= 15 is 0 Å². The van der Waals surface area contributed by atoms with E-state index in [1.807, 2.05) is 30.0 Å². The predicted octanol–water partition coefficient (Wildman–Crippen LogP) is 2.57. The van der Waals surface area contributed by atoms with Gasteiger partial charge in [-0.3, -0.25) is 4.79 Å². The molecule has 2 unspecified atom stereocenters. The van der Waals surface area contributed by atoms with Crippen LogP contribution in [0.1, 0.15) is 48.2 Å². The number of aryl methyl sites for hydroxylation is 1. The molecule has 1 heterocycles. The van der Waals surface area contributed by atoms with E-state index in [0.717, 1.165) is 29.7 Å². The molecule has 2 N–H and O–H groups in total. The van der Waals surface area contributed by atoms with Crippen LogP contribution in [0, 0.1) is 24.7 Å². The number of nitrogens with zero attached hydrogens (tertiary/aromatic N) is 1. The molecule has 0 saturated carbocycles. The average Bonchev–Trinajstić information content (AvgIpc) is 2.48. The first kappa shape index (κ1) is 15.6. The minimum atomic E-state index is 0.128. The summed E-state index contributed by atoms with van der Waals surface area (Å²) in [5.74, 6) is 6.54. The van der Waals surface area contributed by atoms with Gasteiger partial charge in [-0.25, -0.2) is 0 Å². The fraction of sp³-hybridized carbons (Fsp3) is 0.500. The molecule has 1 aliphatic rings. The van der Waals surface area contributed by atoms with Crippen LogP contribution in [0.25, 0.3) is 0 Å². The topological polar surface area (TPSA) is 46.3 Å². The maximum absolute atomic E-state index is 12.9. The summed E-state index contributed by atoms with van der Waals surface area (Å²) in [6.45, 7) is 7.50. The monoisotopic (exact) mass is 284 g/mol. The molecule has 3 heteroatoms. The fourth-order valence-electron chi connectivity index (χ4n) is 2.81. The maximum Gasteiger partial charge on any atom is 0.254 e. The van der Waals surface area contributed by atoms with E-state index in [1.54, 1.807) is 0 Å². The molecule has 1 aromatic rings. The molecular weight excluding hydrogens is 260 g/mol. The minimum absolute atomic E-state index is 0.128. The van der Waals surface area contributed by atoms with Gasteiger partial charge in [0.15, 0.2) is 0 Å². The highest BCUT2D eigenvalue weighted by atomic mass is 16.2. The summed E-state index contributed by atoms with van der Waals surface area (Å²) < 4.78 is 0. The number of benzene rings is 1. The molecule has 1 saturated heterocycles. The summed E-state index contributed by atoms with van der Waals surface area (Å²) in [7, 11) is 0. The lowest BCUT2D eigenvalue weighted by Crippen LogP contribution is -2.45. The van der Waals surface area contributed by atoms with E-state index in [9.17, 15) is 4.79 Å². The SMILES string of the molecule is Cc1ccc(C#CCN)cc1C(=O)N1CC(C)CCC1C. The van der Waals surface area contributed by atoms with Crippen LogP contribution in [-0.2, 0) is 0 Å². The number of carbonyl (C=O) groups excluding carboxylic acids is 1. The van der Waals surface area contributed by atoms with Gasteiger partial charge in [-0.2, -0.15) is 0 Å². The molecule has 0 aromatic heterocycles. The van der Waals surface area contributed by atoms with Crippen molar-refractivity contribution in [2.75, 3.05) is 13.1 Å². The summed E-state index contributed by atoms with van der Waals surface area (Å²) >= 11 is 0. The van der Waals surface area contributed by atoms with Crippen LogP contribution >= 0.6 is 0 Å². The molecule has 1 aromatic carbocycles. The molecule has 2 rings (SSSR count). The second-order valence-corrected chi connectivity index (χ2v) is 6.02. The van der Waals surface area contributed by atoms with E-state index in [1.165, 1.54) is 6.42 Å². The number of rotatable bonds is 1. The Labute approximate surface area is 127 Å². The van der Waals surface area contributed by atoms with Gasteiger partial charge in [0.1, 0.15) is 0 Å². The third-order valence-electron chi connectivity index (χ3n) is 4.18. The molecule has 112 valence electrons. The quantitative estimate of drug-likeness (QED) is 0.806. The van der Waals surface area contributed by atoms with Gasteiger partial charge >= 0.3 is 0 Å². The van der Waals surface area contributed by atoms with Crippen LogP contribution in [0.3, 0.4) is 0 Å². The number of carbonyl (C=O) groups is 1. The number of amides is 1. The van der Waals surface area contributed by atoms with Crippen molar-refractivity contribution in [3.8, 4) is 11.8 Å².